The van der Waals surface area contributed by atoms with Gasteiger partial charge in [0.05, 0.1) is 52.9 Å². The Balaban J connectivity index is 3.36. The molecule has 0 aromatic heterocycles. The molecule has 0 saturated carbocycles. The summed E-state index contributed by atoms with van der Waals surface area (Å²) in [5, 5.41) is 0. The number of rotatable bonds is 30. The van der Waals surface area contributed by atoms with Crippen molar-refractivity contribution in [3.05, 3.63) is 25.3 Å². The lowest BCUT2D eigenvalue weighted by atomic mass is 10.2. The maximum absolute atomic E-state index is 11.7. The second-order valence-electron chi connectivity index (χ2n) is 10.2. The largest absolute Gasteiger partial charge is 0.508 e. The standard InChI is InChI=1S/C33H54O13/c1-3-29(34)39-21-13-5-7-15-23-41-31(36)43-25-17-9-11-19-27-45-33(38)46-28-20-12-10-18-26-44-32(37)42-24-16-8-6-14-22-40-30(35)4-2/h3-4H,1-2,5-28H2. The van der Waals surface area contributed by atoms with Crippen molar-refractivity contribution in [3.8, 4) is 0 Å². The van der Waals surface area contributed by atoms with Crippen molar-refractivity contribution in [2.75, 3.05) is 52.9 Å². The molecule has 0 aliphatic heterocycles. The van der Waals surface area contributed by atoms with Gasteiger partial charge in [-0.3, -0.25) is 0 Å². The van der Waals surface area contributed by atoms with E-state index in [2.05, 4.69) is 13.2 Å². The first kappa shape index (κ1) is 42.2. The fraction of sp³-hybridized carbons (Fsp3) is 0.727. The van der Waals surface area contributed by atoms with Gasteiger partial charge >= 0.3 is 30.4 Å². The van der Waals surface area contributed by atoms with Crippen molar-refractivity contribution < 1.29 is 61.9 Å². The molecule has 13 heteroatoms. The summed E-state index contributed by atoms with van der Waals surface area (Å²) < 4.78 is 40.0. The number of ether oxygens (including phenoxy) is 8. The van der Waals surface area contributed by atoms with Crippen molar-refractivity contribution in [2.45, 2.75) is 103 Å². The van der Waals surface area contributed by atoms with E-state index in [9.17, 15) is 24.0 Å². The molecule has 0 bridgehead atoms. The zero-order valence-corrected chi connectivity index (χ0v) is 27.3. The van der Waals surface area contributed by atoms with Crippen LogP contribution in [0.1, 0.15) is 103 Å². The highest BCUT2D eigenvalue weighted by Crippen LogP contribution is 2.06. The van der Waals surface area contributed by atoms with Gasteiger partial charge in [0.15, 0.2) is 0 Å². The van der Waals surface area contributed by atoms with Gasteiger partial charge in [-0.2, -0.15) is 0 Å². The van der Waals surface area contributed by atoms with E-state index in [0.29, 0.717) is 51.7 Å². The molecule has 0 fully saturated rings. The normalized spacial score (nSPS) is 10.3. The smallest absolute Gasteiger partial charge is 0.463 e. The molecule has 0 aromatic carbocycles. The molecular weight excluding hydrogens is 604 g/mol. The van der Waals surface area contributed by atoms with E-state index in [1.807, 2.05) is 0 Å². The van der Waals surface area contributed by atoms with Gasteiger partial charge in [-0.15, -0.1) is 0 Å². The van der Waals surface area contributed by atoms with Crippen LogP contribution in [0.25, 0.3) is 0 Å². The lowest BCUT2D eigenvalue weighted by Crippen LogP contribution is -2.10. The van der Waals surface area contributed by atoms with E-state index in [1.54, 1.807) is 0 Å². The fourth-order valence-corrected chi connectivity index (χ4v) is 3.75. The van der Waals surface area contributed by atoms with Gasteiger partial charge in [0.25, 0.3) is 0 Å². The molecule has 0 aliphatic carbocycles. The maximum atomic E-state index is 11.7. The third-order valence-corrected chi connectivity index (χ3v) is 6.30. The SMILES string of the molecule is C=CC(=O)OCCCCCCOC(=O)OCCCCCCOC(=O)OCCCCCCOC(=O)OCCCCCCOC(=O)C=C. The molecular formula is C33H54O13. The van der Waals surface area contributed by atoms with Crippen LogP contribution in [-0.4, -0.2) is 83.3 Å². The van der Waals surface area contributed by atoms with E-state index >= 15 is 0 Å². The third kappa shape index (κ3) is 31.6. The zero-order valence-electron chi connectivity index (χ0n) is 27.3. The van der Waals surface area contributed by atoms with Gasteiger partial charge in [-0.1, -0.05) is 13.2 Å². The van der Waals surface area contributed by atoms with E-state index in [4.69, 9.17) is 37.9 Å². The molecule has 0 spiro atoms. The molecule has 0 unspecified atom stereocenters. The quantitative estimate of drug-likeness (QED) is 0.0332. The molecule has 0 aromatic rings. The summed E-state index contributed by atoms with van der Waals surface area (Å²) in [5.41, 5.74) is 0. The molecule has 0 atom stereocenters. The maximum Gasteiger partial charge on any atom is 0.508 e. The number of hydrogen-bond acceptors (Lipinski definition) is 13. The molecule has 0 heterocycles. The predicted octanol–water partition coefficient (Wildman–Crippen LogP) is 7.15. The Morgan fingerprint density at radius 3 is 0.652 bits per heavy atom. The summed E-state index contributed by atoms with van der Waals surface area (Å²) in [7, 11) is 0. The Morgan fingerprint density at radius 1 is 0.304 bits per heavy atom. The summed E-state index contributed by atoms with van der Waals surface area (Å²) >= 11 is 0. The van der Waals surface area contributed by atoms with Crippen LogP contribution in [0.5, 0.6) is 0 Å². The van der Waals surface area contributed by atoms with Crippen molar-refractivity contribution >= 4 is 30.4 Å². The van der Waals surface area contributed by atoms with Crippen LogP contribution in [0.3, 0.4) is 0 Å². The lowest BCUT2D eigenvalue weighted by molar-refractivity contribution is -0.138. The highest BCUT2D eigenvalue weighted by atomic mass is 16.7. The van der Waals surface area contributed by atoms with Crippen molar-refractivity contribution in [1.82, 2.24) is 0 Å². The Hall–Kier alpha value is -3.77. The first-order chi connectivity index (χ1) is 22.4. The molecule has 46 heavy (non-hydrogen) atoms. The minimum Gasteiger partial charge on any atom is -0.463 e. The zero-order chi connectivity index (χ0) is 33.9. The molecule has 0 radical (unpaired) electrons. The Morgan fingerprint density at radius 2 is 0.478 bits per heavy atom. The monoisotopic (exact) mass is 658 g/mol. The minimum atomic E-state index is -0.690. The second-order valence-corrected chi connectivity index (χ2v) is 10.2. The molecule has 0 aliphatic rings. The highest BCUT2D eigenvalue weighted by molar-refractivity contribution is 5.81. The van der Waals surface area contributed by atoms with Crippen molar-refractivity contribution in [1.29, 1.82) is 0 Å². The lowest BCUT2D eigenvalue weighted by Gasteiger charge is -2.08. The van der Waals surface area contributed by atoms with Gasteiger partial charge in [0, 0.05) is 12.2 Å². The van der Waals surface area contributed by atoms with Crippen LogP contribution < -0.4 is 0 Å². The number of carbonyl (C=O) groups is 5. The highest BCUT2D eigenvalue weighted by Gasteiger charge is 2.06. The van der Waals surface area contributed by atoms with Crippen LogP contribution in [0.2, 0.25) is 0 Å². The Kier molecular flexibility index (Phi) is 29.9. The average Bonchev–Trinajstić information content (AvgIpc) is 3.05. The van der Waals surface area contributed by atoms with Crippen LogP contribution >= 0.6 is 0 Å². The van der Waals surface area contributed by atoms with Gasteiger partial charge in [0.2, 0.25) is 0 Å². The predicted molar refractivity (Wildman–Crippen MR) is 168 cm³/mol. The van der Waals surface area contributed by atoms with Gasteiger partial charge in [-0.25, -0.2) is 24.0 Å². The number of unbranched alkanes of at least 4 members (excludes halogenated alkanes) is 12. The third-order valence-electron chi connectivity index (χ3n) is 6.30. The van der Waals surface area contributed by atoms with Gasteiger partial charge in [0.1, 0.15) is 0 Å². The van der Waals surface area contributed by atoms with Crippen molar-refractivity contribution in [3.63, 3.8) is 0 Å². The summed E-state index contributed by atoms with van der Waals surface area (Å²) in [4.78, 5) is 56.6. The minimum absolute atomic E-state index is 0.263. The van der Waals surface area contributed by atoms with Crippen LogP contribution in [0, 0.1) is 0 Å². The first-order valence-corrected chi connectivity index (χ1v) is 16.4. The molecule has 0 amide bonds. The number of hydrogen-bond donors (Lipinski definition) is 0. The van der Waals surface area contributed by atoms with E-state index in [0.717, 1.165) is 76.4 Å². The van der Waals surface area contributed by atoms with Crippen LogP contribution in [-0.2, 0) is 47.5 Å². The van der Waals surface area contributed by atoms with E-state index < -0.39 is 30.4 Å². The summed E-state index contributed by atoms with van der Waals surface area (Å²) in [6.45, 7) is 9.01. The van der Waals surface area contributed by atoms with Gasteiger partial charge in [-0.05, 0) is 103 Å². The fourth-order valence-electron chi connectivity index (χ4n) is 3.75. The van der Waals surface area contributed by atoms with Crippen LogP contribution in [0.15, 0.2) is 25.3 Å². The Labute approximate surface area is 273 Å². The summed E-state index contributed by atoms with van der Waals surface area (Å²) in [5.74, 6) is -0.850. The van der Waals surface area contributed by atoms with E-state index in [-0.39, 0.29) is 39.6 Å². The Bertz CT molecular complexity index is 777. The number of carbonyl (C=O) groups excluding carboxylic acids is 5. The second kappa shape index (κ2) is 32.6. The first-order valence-electron chi connectivity index (χ1n) is 16.4. The molecule has 0 saturated heterocycles. The van der Waals surface area contributed by atoms with E-state index in [1.165, 1.54) is 0 Å². The summed E-state index contributed by atoms with van der Waals surface area (Å²) in [6.07, 6.45) is 12.6. The van der Waals surface area contributed by atoms with Crippen LogP contribution in [0.4, 0.5) is 14.4 Å². The summed E-state index contributed by atoms with van der Waals surface area (Å²) in [6, 6.07) is 0. The molecule has 13 nitrogen and oxygen atoms in total. The molecule has 0 N–H and O–H groups in total. The van der Waals surface area contributed by atoms with Gasteiger partial charge < -0.3 is 37.9 Å². The molecule has 0 rings (SSSR count). The number of esters is 2. The topological polar surface area (TPSA) is 159 Å². The molecule has 264 valence electrons. The van der Waals surface area contributed by atoms with Crippen molar-refractivity contribution in [2.24, 2.45) is 0 Å². The average molecular weight is 659 g/mol.